The number of hydrogen-bond donors (Lipinski definition) is 0. The van der Waals surface area contributed by atoms with E-state index in [2.05, 4.69) is 4.99 Å². The molecule has 0 saturated heterocycles. The Bertz CT molecular complexity index is 1860. The van der Waals surface area contributed by atoms with Crippen molar-refractivity contribution in [3.05, 3.63) is 119 Å². The van der Waals surface area contributed by atoms with Crippen molar-refractivity contribution in [3.63, 3.8) is 0 Å². The Kier molecular flexibility index (Phi) is 9.55. The van der Waals surface area contributed by atoms with E-state index in [1.807, 2.05) is 50.2 Å². The monoisotopic (exact) mass is 638 g/mol. The van der Waals surface area contributed by atoms with Gasteiger partial charge in [0.1, 0.15) is 12.4 Å². The van der Waals surface area contributed by atoms with Gasteiger partial charge in [0, 0.05) is 6.20 Å². The van der Waals surface area contributed by atoms with Crippen molar-refractivity contribution in [1.29, 1.82) is 0 Å². The second-order valence-corrected chi connectivity index (χ2v) is 11.2. The summed E-state index contributed by atoms with van der Waals surface area (Å²) in [6, 6.07) is 17.3. The van der Waals surface area contributed by atoms with Crippen LogP contribution < -0.4 is 29.1 Å². The first-order valence-corrected chi connectivity index (χ1v) is 15.1. The van der Waals surface area contributed by atoms with E-state index >= 15 is 0 Å². The number of thiazole rings is 1. The van der Waals surface area contributed by atoms with Crippen molar-refractivity contribution in [2.75, 3.05) is 20.3 Å². The minimum Gasteiger partial charge on any atom is -0.490 e. The third-order valence-corrected chi connectivity index (χ3v) is 8.31. The Hall–Kier alpha value is -4.05. The fourth-order valence-corrected chi connectivity index (χ4v) is 5.89. The van der Waals surface area contributed by atoms with Gasteiger partial charge in [-0.25, -0.2) is 9.79 Å². The Balaban J connectivity index is 1.47. The van der Waals surface area contributed by atoms with Crippen molar-refractivity contribution in [3.8, 4) is 17.2 Å². The molecule has 222 valence electrons. The molecule has 1 atom stereocenters. The van der Waals surface area contributed by atoms with E-state index in [0.29, 0.717) is 62.0 Å². The van der Waals surface area contributed by atoms with Crippen LogP contribution in [-0.2, 0) is 16.1 Å². The molecule has 43 heavy (non-hydrogen) atoms. The van der Waals surface area contributed by atoms with Crippen LogP contribution in [0.15, 0.2) is 82.2 Å². The van der Waals surface area contributed by atoms with Crippen LogP contribution in [0, 0.1) is 0 Å². The van der Waals surface area contributed by atoms with Crippen LogP contribution in [0.1, 0.15) is 36.6 Å². The van der Waals surface area contributed by atoms with Gasteiger partial charge in [0.2, 0.25) is 0 Å². The quantitative estimate of drug-likeness (QED) is 0.207. The Labute approximate surface area is 262 Å². The average Bonchev–Trinajstić information content (AvgIpc) is 3.33. The second-order valence-electron chi connectivity index (χ2n) is 9.35. The number of aromatic nitrogens is 1. The Morgan fingerprint density at radius 2 is 1.70 bits per heavy atom. The Morgan fingerprint density at radius 3 is 2.40 bits per heavy atom. The summed E-state index contributed by atoms with van der Waals surface area (Å²) in [7, 11) is 1.30. The molecule has 11 heteroatoms. The van der Waals surface area contributed by atoms with E-state index in [-0.39, 0.29) is 11.1 Å². The fourth-order valence-electron chi connectivity index (χ4n) is 4.59. The van der Waals surface area contributed by atoms with Gasteiger partial charge in [-0.05, 0) is 73.0 Å². The number of halogens is 2. The zero-order valence-electron chi connectivity index (χ0n) is 23.6. The van der Waals surface area contributed by atoms with Crippen molar-refractivity contribution in [2.24, 2.45) is 4.99 Å². The maximum Gasteiger partial charge on any atom is 0.337 e. The number of nitrogens with zero attached hydrogens (tertiary/aromatic N) is 2. The summed E-state index contributed by atoms with van der Waals surface area (Å²) in [4.78, 5) is 31.5. The van der Waals surface area contributed by atoms with Gasteiger partial charge in [0.05, 0.1) is 46.5 Å². The summed E-state index contributed by atoms with van der Waals surface area (Å²) >= 11 is 13.3. The van der Waals surface area contributed by atoms with Gasteiger partial charge in [-0.1, -0.05) is 58.8 Å². The van der Waals surface area contributed by atoms with Gasteiger partial charge in [-0.3, -0.25) is 9.36 Å². The van der Waals surface area contributed by atoms with Crippen LogP contribution in [0.2, 0.25) is 10.0 Å². The number of ether oxygens (including phenoxy) is 4. The molecule has 0 amide bonds. The van der Waals surface area contributed by atoms with Crippen LogP contribution in [0.25, 0.3) is 6.08 Å². The summed E-state index contributed by atoms with van der Waals surface area (Å²) in [5, 5.41) is 0.959. The van der Waals surface area contributed by atoms with Crippen LogP contribution in [0.3, 0.4) is 0 Å². The first kappa shape index (κ1) is 30.4. The molecule has 0 fully saturated rings. The average molecular weight is 640 g/mol. The summed E-state index contributed by atoms with van der Waals surface area (Å²) < 4.78 is 24.4. The van der Waals surface area contributed by atoms with Crippen molar-refractivity contribution in [2.45, 2.75) is 26.5 Å². The van der Waals surface area contributed by atoms with E-state index in [4.69, 9.17) is 42.1 Å². The van der Waals surface area contributed by atoms with Gasteiger partial charge in [0.15, 0.2) is 16.3 Å². The molecule has 0 aliphatic carbocycles. The SMILES string of the molecule is CCOc1ccc([C@H]2C(C(=O)OC)=CN=c3s/c(=C\c4ccc(OCc5ccc(Cl)c(Cl)c5)cc4)c(=O)n32)cc1OCC. The summed E-state index contributed by atoms with van der Waals surface area (Å²) in [6.45, 7) is 4.98. The number of benzene rings is 3. The molecule has 4 aromatic rings. The number of methoxy groups -OCH3 is 1. The molecule has 8 nitrogen and oxygen atoms in total. The topological polar surface area (TPSA) is 88.4 Å². The molecule has 2 heterocycles. The second kappa shape index (κ2) is 13.5. The summed E-state index contributed by atoms with van der Waals surface area (Å²) in [5.74, 6) is 1.18. The lowest BCUT2D eigenvalue weighted by Crippen LogP contribution is -2.39. The third-order valence-electron chi connectivity index (χ3n) is 6.58. The molecule has 1 aliphatic rings. The minimum atomic E-state index is -0.766. The molecule has 0 bridgehead atoms. The maximum atomic E-state index is 13.8. The van der Waals surface area contributed by atoms with Crippen LogP contribution in [0.4, 0.5) is 0 Å². The molecule has 5 rings (SSSR count). The third kappa shape index (κ3) is 6.64. The number of fused-ring (bicyclic) bond motifs is 1. The maximum absolute atomic E-state index is 13.8. The smallest absolute Gasteiger partial charge is 0.337 e. The van der Waals surface area contributed by atoms with E-state index in [9.17, 15) is 9.59 Å². The van der Waals surface area contributed by atoms with Crippen LogP contribution in [0.5, 0.6) is 17.2 Å². The lowest BCUT2D eigenvalue weighted by Gasteiger charge is -2.23. The van der Waals surface area contributed by atoms with Crippen LogP contribution in [-0.4, -0.2) is 30.9 Å². The first-order valence-electron chi connectivity index (χ1n) is 13.5. The number of hydrogen-bond acceptors (Lipinski definition) is 8. The van der Waals surface area contributed by atoms with E-state index in [0.717, 1.165) is 11.1 Å². The Morgan fingerprint density at radius 1 is 0.953 bits per heavy atom. The van der Waals surface area contributed by atoms with Gasteiger partial charge >= 0.3 is 5.97 Å². The molecule has 3 aromatic carbocycles. The first-order chi connectivity index (χ1) is 20.8. The van der Waals surface area contributed by atoms with Crippen molar-refractivity contribution in [1.82, 2.24) is 4.57 Å². The highest BCUT2D eigenvalue weighted by molar-refractivity contribution is 7.07. The molecule has 0 N–H and O–H groups in total. The summed E-state index contributed by atoms with van der Waals surface area (Å²) in [6.07, 6.45) is 3.25. The zero-order chi connectivity index (χ0) is 30.5. The number of esters is 1. The van der Waals surface area contributed by atoms with Crippen molar-refractivity contribution >= 4 is 46.6 Å². The number of rotatable bonds is 10. The fraction of sp³-hybridized carbons (Fsp3) is 0.219. The highest BCUT2D eigenvalue weighted by Gasteiger charge is 2.31. The number of carbonyl (C=O) groups is 1. The predicted octanol–water partition coefficient (Wildman–Crippen LogP) is 5.70. The van der Waals surface area contributed by atoms with Gasteiger partial charge in [-0.15, -0.1) is 0 Å². The highest BCUT2D eigenvalue weighted by atomic mass is 35.5. The highest BCUT2D eigenvalue weighted by Crippen LogP contribution is 2.35. The molecule has 0 unspecified atom stereocenters. The molecular formula is C32H28Cl2N2O6S. The largest absolute Gasteiger partial charge is 0.490 e. The van der Waals surface area contributed by atoms with Crippen LogP contribution >= 0.6 is 34.5 Å². The standard InChI is InChI=1S/C32H28Cl2N2O6S/c1-4-40-26-13-9-21(16-27(26)41-5-2)29-23(31(38)39-3)17-35-32-36(29)30(37)28(43-32)15-19-6-10-22(11-7-19)42-18-20-8-12-24(33)25(34)14-20/h6-17,29H,4-5,18H2,1-3H3/b28-15-/t29-/m0/s1. The lowest BCUT2D eigenvalue weighted by atomic mass is 9.97. The van der Waals surface area contributed by atoms with Gasteiger partial charge < -0.3 is 18.9 Å². The normalized spacial score (nSPS) is 14.4. The molecular weight excluding hydrogens is 611 g/mol. The molecule has 1 aliphatic heterocycles. The van der Waals surface area contributed by atoms with E-state index < -0.39 is 12.0 Å². The van der Waals surface area contributed by atoms with Crippen molar-refractivity contribution < 1.29 is 23.7 Å². The van der Waals surface area contributed by atoms with E-state index in [1.165, 1.54) is 29.2 Å². The molecule has 1 aromatic heterocycles. The van der Waals surface area contributed by atoms with Gasteiger partial charge in [0.25, 0.3) is 5.56 Å². The minimum absolute atomic E-state index is 0.233. The molecule has 0 spiro atoms. The van der Waals surface area contributed by atoms with E-state index in [1.54, 1.807) is 30.3 Å². The molecule has 0 saturated carbocycles. The molecule has 0 radical (unpaired) electrons. The van der Waals surface area contributed by atoms with Gasteiger partial charge in [-0.2, -0.15) is 0 Å². The zero-order valence-corrected chi connectivity index (χ0v) is 26.0. The summed E-state index contributed by atoms with van der Waals surface area (Å²) in [5.41, 5.74) is 2.30. The lowest BCUT2D eigenvalue weighted by molar-refractivity contribution is -0.136. The predicted molar refractivity (Wildman–Crippen MR) is 167 cm³/mol. The number of carbonyl (C=O) groups excluding carboxylic acids is 1.